The minimum Gasteiger partial charge on any atom is -0.477 e. The summed E-state index contributed by atoms with van der Waals surface area (Å²) in [5.74, 6) is -1.60. The van der Waals surface area contributed by atoms with Gasteiger partial charge in [0.15, 0.2) is 12.1 Å². The van der Waals surface area contributed by atoms with Crippen molar-refractivity contribution in [1.29, 1.82) is 0 Å². The maximum Gasteiger partial charge on any atom is 0.362 e. The summed E-state index contributed by atoms with van der Waals surface area (Å²) in [6, 6.07) is -0.640. The predicted molar refractivity (Wildman–Crippen MR) is 279 cm³/mol. The van der Waals surface area contributed by atoms with E-state index in [1.54, 1.807) is 0 Å². The van der Waals surface area contributed by atoms with Crippen LogP contribution in [0.1, 0.15) is 162 Å². The van der Waals surface area contributed by atoms with Crippen LogP contribution in [0.25, 0.3) is 0 Å². The van der Waals surface area contributed by atoms with Gasteiger partial charge in [0.05, 0.1) is 34.4 Å². The van der Waals surface area contributed by atoms with E-state index >= 15 is 0 Å². The van der Waals surface area contributed by atoms with Crippen LogP contribution in [0.4, 0.5) is 0 Å². The Labute approximate surface area is 403 Å². The Bertz CT molecular complexity index is 1530. The number of nitrogens with zero attached hydrogens (tertiary/aromatic N) is 1. The summed E-state index contributed by atoms with van der Waals surface area (Å²) in [5, 5.41) is 9.65. The van der Waals surface area contributed by atoms with Gasteiger partial charge in [-0.2, -0.15) is 0 Å². The number of carbonyl (C=O) groups excluding carboxylic acids is 2. The zero-order valence-corrected chi connectivity index (χ0v) is 42.1. The van der Waals surface area contributed by atoms with Crippen LogP contribution in [0.5, 0.6) is 0 Å². The summed E-state index contributed by atoms with van der Waals surface area (Å²) in [7, 11) is 5.49. The lowest BCUT2D eigenvalue weighted by atomic mass is 10.1. The number of likely N-dealkylation sites (N-methyl/N-ethyl adjacent to an activating group) is 1. The van der Waals surface area contributed by atoms with Crippen LogP contribution in [-0.4, -0.2) is 80.6 Å². The van der Waals surface area contributed by atoms with Crippen LogP contribution in [0.2, 0.25) is 0 Å². The second-order valence-electron chi connectivity index (χ2n) is 17.3. The Morgan fingerprint density at radius 3 is 1.20 bits per heavy atom. The van der Waals surface area contributed by atoms with Gasteiger partial charge >= 0.3 is 17.9 Å². The number of carboxylic acid groups (broad SMARTS) is 1. The molecule has 0 radical (unpaired) electrons. The third-order valence-electron chi connectivity index (χ3n) is 10.3. The average Bonchev–Trinajstić information content (AvgIpc) is 3.28. The first-order valence-corrected chi connectivity index (χ1v) is 25.2. The molecule has 2 unspecified atom stereocenters. The molecule has 0 aliphatic heterocycles. The molecule has 0 aromatic heterocycles. The Morgan fingerprint density at radius 2 is 0.833 bits per heavy atom. The second-order valence-corrected chi connectivity index (χ2v) is 17.3. The first kappa shape index (κ1) is 61.5. The summed E-state index contributed by atoms with van der Waals surface area (Å²) in [4.78, 5) is 37.1. The van der Waals surface area contributed by atoms with Crippen LogP contribution < -0.4 is 0 Å². The third-order valence-corrected chi connectivity index (χ3v) is 10.3. The smallest absolute Gasteiger partial charge is 0.362 e. The van der Waals surface area contributed by atoms with Crippen LogP contribution in [-0.2, 0) is 28.6 Å². The van der Waals surface area contributed by atoms with Crippen LogP contribution in [0.15, 0.2) is 134 Å². The SMILES string of the molecule is CC/C=C/C/C=C/C/C=C/C/C=C/C/C=C/C/C=C/CCCCC(=O)OC(COCCC(C(=O)O)[N+](C)(C)C)COC(=O)CCCC/C=C/C/C=C/C/C=C/C/C=C/C/C=C/CCCCC. The fourth-order valence-electron chi connectivity index (χ4n) is 6.41. The Morgan fingerprint density at radius 1 is 0.470 bits per heavy atom. The zero-order valence-electron chi connectivity index (χ0n) is 42.1. The van der Waals surface area contributed by atoms with Gasteiger partial charge in [0.1, 0.15) is 6.61 Å². The molecule has 0 heterocycles. The largest absolute Gasteiger partial charge is 0.477 e. The molecule has 0 amide bonds. The zero-order chi connectivity index (χ0) is 48.4. The molecule has 0 spiro atoms. The van der Waals surface area contributed by atoms with Gasteiger partial charge in [0, 0.05) is 19.3 Å². The fourth-order valence-corrected chi connectivity index (χ4v) is 6.41. The molecule has 0 aromatic rings. The first-order valence-electron chi connectivity index (χ1n) is 25.2. The summed E-state index contributed by atoms with van der Waals surface area (Å²) in [5.41, 5.74) is 0. The quantitative estimate of drug-likeness (QED) is 0.0281. The molecule has 0 saturated carbocycles. The molecule has 2 atom stereocenters. The lowest BCUT2D eigenvalue weighted by Gasteiger charge is -2.31. The molecule has 0 rings (SSSR count). The van der Waals surface area contributed by atoms with E-state index in [4.69, 9.17) is 14.2 Å². The third kappa shape index (κ3) is 44.7. The van der Waals surface area contributed by atoms with Gasteiger partial charge in [0.2, 0.25) is 0 Å². The number of carbonyl (C=O) groups is 3. The van der Waals surface area contributed by atoms with Crippen molar-refractivity contribution in [3.63, 3.8) is 0 Å². The summed E-state index contributed by atoms with van der Waals surface area (Å²) < 4.78 is 17.2. The Balaban J connectivity index is 4.48. The van der Waals surface area contributed by atoms with Crippen LogP contribution in [0.3, 0.4) is 0 Å². The van der Waals surface area contributed by atoms with Gasteiger partial charge in [-0.25, -0.2) is 4.79 Å². The highest BCUT2D eigenvalue weighted by molar-refractivity contribution is 5.72. The minimum atomic E-state index is -0.894. The molecule has 66 heavy (non-hydrogen) atoms. The molecule has 0 fully saturated rings. The standard InChI is InChI=1S/C58H91NO7/c1-6-8-10-12-14-16-18-20-22-24-26-28-30-32-34-36-38-40-42-44-46-48-56(60)65-53-54(52-64-51-50-55(58(62)63)59(3,4)5)66-57(61)49-47-45-43-41-39-37-35-33-31-29-27-25-23-21-19-17-15-13-11-9-7-2/h9,11,14-17,20-23,26-29,32-35,38-41,54-55H,6-8,10,12-13,18-19,24-25,30-31,36-37,42-53H2,1-5H3/p+1/b11-9+,16-14+,17-15+,22-20+,23-21+,28-26+,29-27+,34-32+,35-33+,40-38+,41-39+. The van der Waals surface area contributed by atoms with E-state index in [2.05, 4.69) is 148 Å². The molecule has 0 saturated heterocycles. The van der Waals surface area contributed by atoms with Gasteiger partial charge in [0.25, 0.3) is 0 Å². The number of allylic oxidation sites excluding steroid dienone is 22. The fraction of sp³-hybridized carbons (Fsp3) is 0.569. The highest BCUT2D eigenvalue weighted by Crippen LogP contribution is 2.11. The summed E-state index contributed by atoms with van der Waals surface area (Å²) in [6.07, 6.45) is 67.9. The van der Waals surface area contributed by atoms with Crippen LogP contribution >= 0.6 is 0 Å². The maximum absolute atomic E-state index is 12.8. The monoisotopic (exact) mass is 915 g/mol. The van der Waals surface area contributed by atoms with Crippen molar-refractivity contribution in [2.24, 2.45) is 0 Å². The van der Waals surface area contributed by atoms with Crippen LogP contribution in [0, 0.1) is 0 Å². The molecule has 0 bridgehead atoms. The normalized spacial score (nSPS) is 14.0. The summed E-state index contributed by atoms with van der Waals surface area (Å²) in [6.45, 7) is 4.48. The van der Waals surface area contributed by atoms with Crippen molar-refractivity contribution in [1.82, 2.24) is 0 Å². The molecule has 370 valence electrons. The second kappa shape index (κ2) is 47.0. The number of hydrogen-bond acceptors (Lipinski definition) is 6. The van der Waals surface area contributed by atoms with Gasteiger partial charge in [-0.3, -0.25) is 9.59 Å². The minimum absolute atomic E-state index is 0.0191. The number of hydrogen-bond donors (Lipinski definition) is 1. The van der Waals surface area contributed by atoms with Crippen molar-refractivity contribution < 1.29 is 38.2 Å². The van der Waals surface area contributed by atoms with E-state index < -0.39 is 18.1 Å². The number of rotatable bonds is 43. The van der Waals surface area contributed by atoms with Crippen molar-refractivity contribution in [3.05, 3.63) is 134 Å². The highest BCUT2D eigenvalue weighted by atomic mass is 16.6. The van der Waals surface area contributed by atoms with Crippen molar-refractivity contribution in [2.75, 3.05) is 41.0 Å². The van der Waals surface area contributed by atoms with E-state index in [1.165, 1.54) is 25.7 Å². The van der Waals surface area contributed by atoms with E-state index in [9.17, 15) is 19.5 Å². The van der Waals surface area contributed by atoms with Crippen molar-refractivity contribution in [2.45, 2.75) is 174 Å². The van der Waals surface area contributed by atoms with Gasteiger partial charge < -0.3 is 23.8 Å². The van der Waals surface area contributed by atoms with Gasteiger partial charge in [-0.05, 0) is 116 Å². The number of carboxylic acids is 1. The number of esters is 2. The molecule has 0 aliphatic carbocycles. The van der Waals surface area contributed by atoms with E-state index in [0.29, 0.717) is 19.3 Å². The first-order chi connectivity index (χ1) is 32.1. The number of quaternary nitrogens is 1. The Hall–Kier alpha value is -4.53. The number of unbranched alkanes of at least 4 members (excludes halogenated alkanes) is 7. The topological polar surface area (TPSA) is 99.1 Å². The molecular formula is C58H92NO7+. The summed E-state index contributed by atoms with van der Waals surface area (Å²) >= 11 is 0. The molecule has 0 aliphatic rings. The van der Waals surface area contributed by atoms with Crippen molar-refractivity contribution in [3.8, 4) is 0 Å². The lowest BCUT2D eigenvalue weighted by molar-refractivity contribution is -0.887. The van der Waals surface area contributed by atoms with E-state index in [1.807, 2.05) is 21.1 Å². The average molecular weight is 915 g/mol. The number of ether oxygens (including phenoxy) is 3. The molecular weight excluding hydrogens is 823 g/mol. The maximum atomic E-state index is 12.8. The lowest BCUT2D eigenvalue weighted by Crippen LogP contribution is -2.50. The van der Waals surface area contributed by atoms with Crippen molar-refractivity contribution >= 4 is 17.9 Å². The van der Waals surface area contributed by atoms with Gasteiger partial charge in [-0.1, -0.05) is 160 Å². The molecule has 1 N–H and O–H groups in total. The molecule has 8 nitrogen and oxygen atoms in total. The Kier molecular flexibility index (Phi) is 43.8. The predicted octanol–water partition coefficient (Wildman–Crippen LogP) is 14.7. The van der Waals surface area contributed by atoms with E-state index in [0.717, 1.165) is 89.9 Å². The van der Waals surface area contributed by atoms with E-state index in [-0.39, 0.29) is 49.1 Å². The number of aliphatic carboxylic acids is 1. The molecule has 0 aromatic carbocycles. The molecule has 8 heteroatoms. The highest BCUT2D eigenvalue weighted by Gasteiger charge is 2.31. The van der Waals surface area contributed by atoms with Gasteiger partial charge in [-0.15, -0.1) is 0 Å².